The van der Waals surface area contributed by atoms with Gasteiger partial charge in [-0.15, -0.1) is 0 Å². The highest BCUT2D eigenvalue weighted by molar-refractivity contribution is 5.79. The Balaban J connectivity index is 1.65. The number of carbonyl (C=O) groups is 2. The number of carbonyl (C=O) groups excluding carboxylic acids is 2. The second-order valence-electron chi connectivity index (χ2n) is 3.98. The Hall–Kier alpha value is -1.10. The summed E-state index contributed by atoms with van der Waals surface area (Å²) in [5.41, 5.74) is 0. The summed E-state index contributed by atoms with van der Waals surface area (Å²) in [6, 6.07) is 0. The molecule has 0 radical (unpaired) electrons. The summed E-state index contributed by atoms with van der Waals surface area (Å²) >= 11 is 0. The van der Waals surface area contributed by atoms with Crippen LogP contribution >= 0.6 is 0 Å². The summed E-state index contributed by atoms with van der Waals surface area (Å²) in [5.74, 6) is 0.323. The predicted octanol–water partition coefficient (Wildman–Crippen LogP) is 0.623. The lowest BCUT2D eigenvalue weighted by atomic mass is 9.96. The van der Waals surface area contributed by atoms with E-state index in [4.69, 9.17) is 9.47 Å². The van der Waals surface area contributed by atoms with Gasteiger partial charge < -0.3 is 14.8 Å². The smallest absolute Gasteiger partial charge is 0.407 e. The number of hydrogen-bond acceptors (Lipinski definition) is 4. The summed E-state index contributed by atoms with van der Waals surface area (Å²) < 4.78 is 10.5. The molecule has 1 unspecified atom stereocenters. The third-order valence-electron chi connectivity index (χ3n) is 2.76. The molecule has 1 atom stereocenters. The minimum atomic E-state index is -0.373. The van der Waals surface area contributed by atoms with Gasteiger partial charge in [-0.3, -0.25) is 4.79 Å². The van der Waals surface area contributed by atoms with E-state index in [9.17, 15) is 9.59 Å². The monoisotopic (exact) mass is 213 g/mol. The molecule has 2 aliphatic rings. The maximum Gasteiger partial charge on any atom is 0.407 e. The zero-order chi connectivity index (χ0) is 10.7. The molecule has 15 heavy (non-hydrogen) atoms. The summed E-state index contributed by atoms with van der Waals surface area (Å²) in [6.07, 6.45) is 2.44. The Labute approximate surface area is 88.1 Å². The molecule has 2 fully saturated rings. The average Bonchev–Trinajstić information content (AvgIpc) is 2.64. The van der Waals surface area contributed by atoms with Crippen LogP contribution in [0.25, 0.3) is 0 Å². The first kappa shape index (κ1) is 10.4. The van der Waals surface area contributed by atoms with Crippen LogP contribution in [0.15, 0.2) is 0 Å². The van der Waals surface area contributed by atoms with Crippen LogP contribution in [0.3, 0.4) is 0 Å². The molecular formula is C10H15NO4. The zero-order valence-electron chi connectivity index (χ0n) is 8.53. The minimum Gasteiger partial charge on any atom is -0.442 e. The quantitative estimate of drug-likeness (QED) is 0.746. The van der Waals surface area contributed by atoms with Gasteiger partial charge in [-0.25, -0.2) is 4.79 Å². The fraction of sp³-hybridized carbons (Fsp3) is 0.800. The van der Waals surface area contributed by atoms with E-state index in [-0.39, 0.29) is 18.3 Å². The Kier molecular flexibility index (Phi) is 3.20. The minimum absolute atomic E-state index is 0.155. The van der Waals surface area contributed by atoms with Crippen LogP contribution in [-0.2, 0) is 14.3 Å². The van der Waals surface area contributed by atoms with Gasteiger partial charge in [-0.1, -0.05) is 0 Å². The lowest BCUT2D eigenvalue weighted by Gasteiger charge is -2.22. The Morgan fingerprint density at radius 2 is 2.07 bits per heavy atom. The van der Waals surface area contributed by atoms with Crippen molar-refractivity contribution in [2.45, 2.75) is 37.9 Å². The van der Waals surface area contributed by atoms with E-state index in [0.29, 0.717) is 31.8 Å². The van der Waals surface area contributed by atoms with Crippen LogP contribution in [0.1, 0.15) is 25.7 Å². The summed E-state index contributed by atoms with van der Waals surface area (Å²) in [7, 11) is 0. The Morgan fingerprint density at radius 1 is 1.33 bits per heavy atom. The van der Waals surface area contributed by atoms with E-state index in [0.717, 1.165) is 12.8 Å². The number of Topliss-reactive ketones (excluding diaryl/α,β-unsaturated/α-hetero) is 1. The lowest BCUT2D eigenvalue weighted by Crippen LogP contribution is -2.27. The largest absolute Gasteiger partial charge is 0.442 e. The van der Waals surface area contributed by atoms with Gasteiger partial charge in [-0.05, 0) is 12.8 Å². The van der Waals surface area contributed by atoms with Crippen molar-refractivity contribution in [3.8, 4) is 0 Å². The second kappa shape index (κ2) is 4.61. The van der Waals surface area contributed by atoms with Crippen molar-refractivity contribution in [1.82, 2.24) is 5.32 Å². The van der Waals surface area contributed by atoms with Crippen molar-refractivity contribution in [3.63, 3.8) is 0 Å². The normalized spacial score (nSPS) is 27.6. The van der Waals surface area contributed by atoms with E-state index < -0.39 is 0 Å². The molecule has 1 heterocycles. The van der Waals surface area contributed by atoms with Gasteiger partial charge in [0.25, 0.3) is 0 Å². The maximum atomic E-state index is 11.0. The highest BCUT2D eigenvalue weighted by Gasteiger charge is 2.25. The third kappa shape index (κ3) is 2.92. The molecule has 1 N–H and O–H groups in total. The summed E-state index contributed by atoms with van der Waals surface area (Å²) in [6.45, 7) is 0.947. The predicted molar refractivity (Wildman–Crippen MR) is 51.5 cm³/mol. The van der Waals surface area contributed by atoms with Gasteiger partial charge in [0.15, 0.2) is 0 Å². The number of alkyl carbamates (subject to hydrolysis) is 1. The molecule has 2 rings (SSSR count). The number of amides is 1. The van der Waals surface area contributed by atoms with E-state index in [2.05, 4.69) is 5.32 Å². The van der Waals surface area contributed by atoms with Gasteiger partial charge in [0.05, 0.1) is 19.3 Å². The summed E-state index contributed by atoms with van der Waals surface area (Å²) in [4.78, 5) is 21.7. The van der Waals surface area contributed by atoms with Crippen LogP contribution in [-0.4, -0.2) is 37.2 Å². The molecule has 5 nitrogen and oxygen atoms in total. The van der Waals surface area contributed by atoms with Crippen molar-refractivity contribution in [1.29, 1.82) is 0 Å². The molecule has 5 heteroatoms. The van der Waals surface area contributed by atoms with E-state index in [1.54, 1.807) is 0 Å². The van der Waals surface area contributed by atoms with Gasteiger partial charge in [0, 0.05) is 12.8 Å². The van der Waals surface area contributed by atoms with E-state index in [1.807, 2.05) is 0 Å². The number of hydrogen-bond donors (Lipinski definition) is 1. The lowest BCUT2D eigenvalue weighted by molar-refractivity contribution is -0.123. The number of nitrogens with one attached hydrogen (secondary N) is 1. The van der Waals surface area contributed by atoms with Crippen LogP contribution in [0.2, 0.25) is 0 Å². The first-order chi connectivity index (χ1) is 7.24. The van der Waals surface area contributed by atoms with Gasteiger partial charge >= 0.3 is 6.09 Å². The van der Waals surface area contributed by atoms with Gasteiger partial charge in [0.2, 0.25) is 0 Å². The second-order valence-corrected chi connectivity index (χ2v) is 3.98. The zero-order valence-corrected chi connectivity index (χ0v) is 8.53. The van der Waals surface area contributed by atoms with Crippen molar-refractivity contribution in [3.05, 3.63) is 0 Å². The van der Waals surface area contributed by atoms with E-state index in [1.165, 1.54) is 0 Å². The number of ether oxygens (including phenoxy) is 2. The highest BCUT2D eigenvalue weighted by Crippen LogP contribution is 2.18. The fourth-order valence-corrected chi connectivity index (χ4v) is 1.85. The van der Waals surface area contributed by atoms with Crippen molar-refractivity contribution in [2.24, 2.45) is 0 Å². The maximum absolute atomic E-state index is 11.0. The molecule has 1 aliphatic carbocycles. The van der Waals surface area contributed by atoms with Crippen LogP contribution in [0, 0.1) is 0 Å². The standard InChI is InChI=1S/C10H15NO4/c12-7-1-3-8(4-2-7)14-6-9-5-11-10(13)15-9/h8-9H,1-6H2,(H,11,13). The first-order valence-corrected chi connectivity index (χ1v) is 5.32. The van der Waals surface area contributed by atoms with Crippen molar-refractivity contribution in [2.75, 3.05) is 13.2 Å². The van der Waals surface area contributed by atoms with Crippen LogP contribution < -0.4 is 5.32 Å². The van der Waals surface area contributed by atoms with Gasteiger partial charge in [0.1, 0.15) is 11.9 Å². The molecule has 0 spiro atoms. The molecule has 0 aromatic carbocycles. The van der Waals surface area contributed by atoms with Gasteiger partial charge in [-0.2, -0.15) is 0 Å². The topological polar surface area (TPSA) is 64.6 Å². The van der Waals surface area contributed by atoms with E-state index >= 15 is 0 Å². The Morgan fingerprint density at radius 3 is 2.67 bits per heavy atom. The van der Waals surface area contributed by atoms with Crippen molar-refractivity contribution >= 4 is 11.9 Å². The SMILES string of the molecule is O=C1CCC(OCC2CNC(=O)O2)CC1. The van der Waals surface area contributed by atoms with Crippen molar-refractivity contribution < 1.29 is 19.1 Å². The molecule has 1 amide bonds. The molecular weight excluding hydrogens is 198 g/mol. The molecule has 0 aromatic heterocycles. The first-order valence-electron chi connectivity index (χ1n) is 5.32. The molecule has 0 aromatic rings. The average molecular weight is 213 g/mol. The molecule has 1 saturated carbocycles. The van der Waals surface area contributed by atoms with Crippen LogP contribution in [0.5, 0.6) is 0 Å². The number of cyclic esters (lactones) is 1. The fourth-order valence-electron chi connectivity index (χ4n) is 1.85. The molecule has 1 saturated heterocycles. The number of ketones is 1. The van der Waals surface area contributed by atoms with Crippen LogP contribution in [0.4, 0.5) is 4.79 Å². The number of rotatable bonds is 3. The molecule has 84 valence electrons. The molecule has 0 bridgehead atoms. The summed E-state index contributed by atoms with van der Waals surface area (Å²) in [5, 5.41) is 2.57. The Bertz CT molecular complexity index is 256. The highest BCUT2D eigenvalue weighted by atomic mass is 16.6. The third-order valence-corrected chi connectivity index (χ3v) is 2.76. The molecule has 1 aliphatic heterocycles.